The molecule has 0 atom stereocenters. The summed E-state index contributed by atoms with van der Waals surface area (Å²) in [5.74, 6) is -0.816. The maximum atomic E-state index is 13.0. The van der Waals surface area contributed by atoms with Gasteiger partial charge in [0.15, 0.2) is 11.2 Å². The van der Waals surface area contributed by atoms with E-state index in [0.717, 1.165) is 27.0 Å². The van der Waals surface area contributed by atoms with Crippen molar-refractivity contribution >= 4 is 34.6 Å². The van der Waals surface area contributed by atoms with Crippen LogP contribution in [0.1, 0.15) is 43.8 Å². The SMILES string of the molecule is CC1=NN(c2nc3c(c(=O)n(C)c(=O)n3C)n2C(=O)CCCCCN)C(=O)C1. The average molecular weight is 389 g/mol. The molecule has 2 aromatic heterocycles. The van der Waals surface area contributed by atoms with E-state index in [-0.39, 0.29) is 35.9 Å². The Morgan fingerprint density at radius 1 is 1.11 bits per heavy atom. The van der Waals surface area contributed by atoms with E-state index in [0.29, 0.717) is 18.7 Å². The highest BCUT2D eigenvalue weighted by atomic mass is 16.2. The summed E-state index contributed by atoms with van der Waals surface area (Å²) in [5.41, 5.74) is 4.81. The Bertz CT molecular complexity index is 1110. The Morgan fingerprint density at radius 2 is 1.82 bits per heavy atom. The van der Waals surface area contributed by atoms with Gasteiger partial charge < -0.3 is 5.73 Å². The predicted octanol–water partition coefficient (Wildman–Crippen LogP) is -0.294. The Kier molecular flexibility index (Phi) is 5.27. The molecule has 0 bridgehead atoms. The maximum Gasteiger partial charge on any atom is 0.332 e. The molecule has 0 aliphatic carbocycles. The number of unbranched alkanes of at least 4 members (excludes halogenated alkanes) is 2. The van der Waals surface area contributed by atoms with Crippen molar-refractivity contribution in [2.45, 2.75) is 39.0 Å². The van der Waals surface area contributed by atoms with Crippen molar-refractivity contribution in [3.63, 3.8) is 0 Å². The molecule has 28 heavy (non-hydrogen) atoms. The van der Waals surface area contributed by atoms with Gasteiger partial charge in [-0.05, 0) is 26.3 Å². The minimum Gasteiger partial charge on any atom is -0.330 e. The smallest absolute Gasteiger partial charge is 0.330 e. The third-order valence-electron chi connectivity index (χ3n) is 4.69. The van der Waals surface area contributed by atoms with E-state index in [9.17, 15) is 19.2 Å². The molecular formula is C17H23N7O4. The van der Waals surface area contributed by atoms with Gasteiger partial charge in [-0.15, -0.1) is 0 Å². The van der Waals surface area contributed by atoms with E-state index in [2.05, 4.69) is 10.1 Å². The number of anilines is 1. The van der Waals surface area contributed by atoms with Crippen molar-refractivity contribution in [3.05, 3.63) is 20.8 Å². The molecule has 1 amide bonds. The van der Waals surface area contributed by atoms with Crippen LogP contribution >= 0.6 is 0 Å². The molecule has 150 valence electrons. The minimum absolute atomic E-state index is 0.0333. The first-order valence-corrected chi connectivity index (χ1v) is 9.06. The lowest BCUT2D eigenvalue weighted by molar-refractivity contribution is -0.117. The van der Waals surface area contributed by atoms with Gasteiger partial charge in [0.25, 0.3) is 11.5 Å². The van der Waals surface area contributed by atoms with Gasteiger partial charge in [0.1, 0.15) is 0 Å². The predicted molar refractivity (Wildman–Crippen MR) is 104 cm³/mol. The molecule has 0 saturated carbocycles. The molecule has 0 saturated heterocycles. The molecule has 3 rings (SSSR count). The van der Waals surface area contributed by atoms with Gasteiger partial charge in [0.2, 0.25) is 11.9 Å². The monoisotopic (exact) mass is 389 g/mol. The van der Waals surface area contributed by atoms with Crippen LogP contribution < -0.4 is 22.0 Å². The number of hydrogen-bond donors (Lipinski definition) is 1. The topological polar surface area (TPSA) is 138 Å². The largest absolute Gasteiger partial charge is 0.332 e. The second-order valence-corrected chi connectivity index (χ2v) is 6.84. The zero-order chi connectivity index (χ0) is 20.6. The van der Waals surface area contributed by atoms with E-state index in [1.807, 2.05) is 0 Å². The Balaban J connectivity index is 2.22. The molecule has 0 unspecified atom stereocenters. The quantitative estimate of drug-likeness (QED) is 0.674. The highest BCUT2D eigenvalue weighted by Crippen LogP contribution is 2.24. The molecule has 0 spiro atoms. The van der Waals surface area contributed by atoms with E-state index in [4.69, 9.17) is 5.73 Å². The molecule has 3 heterocycles. The van der Waals surface area contributed by atoms with Crippen molar-refractivity contribution in [2.75, 3.05) is 11.6 Å². The lowest BCUT2D eigenvalue weighted by Crippen LogP contribution is -2.38. The molecular weight excluding hydrogens is 366 g/mol. The van der Waals surface area contributed by atoms with Gasteiger partial charge in [-0.3, -0.25) is 23.5 Å². The third kappa shape index (κ3) is 3.17. The average Bonchev–Trinajstić information content (AvgIpc) is 3.21. The normalized spacial score (nSPS) is 14.2. The summed E-state index contributed by atoms with van der Waals surface area (Å²) >= 11 is 0. The highest BCUT2D eigenvalue weighted by molar-refractivity contribution is 6.12. The zero-order valence-electron chi connectivity index (χ0n) is 16.1. The molecule has 11 heteroatoms. The Hall–Kier alpha value is -3.08. The summed E-state index contributed by atoms with van der Waals surface area (Å²) in [6.45, 7) is 2.22. The number of aryl methyl sites for hydroxylation is 1. The number of nitrogens with two attached hydrogens (primary N) is 1. The molecule has 11 nitrogen and oxygen atoms in total. The minimum atomic E-state index is -0.653. The van der Waals surface area contributed by atoms with Gasteiger partial charge in [0, 0.05) is 26.2 Å². The number of carbonyl (C=O) groups excluding carboxylic acids is 2. The third-order valence-corrected chi connectivity index (χ3v) is 4.69. The molecule has 2 N–H and O–H groups in total. The number of amides is 1. The first-order chi connectivity index (χ1) is 13.3. The summed E-state index contributed by atoms with van der Waals surface area (Å²) in [6.07, 6.45) is 2.38. The van der Waals surface area contributed by atoms with Gasteiger partial charge in [-0.1, -0.05) is 6.42 Å². The van der Waals surface area contributed by atoms with Crippen LogP contribution in [0.15, 0.2) is 14.7 Å². The molecule has 1 aliphatic rings. The van der Waals surface area contributed by atoms with Crippen LogP contribution in [-0.4, -0.2) is 42.8 Å². The van der Waals surface area contributed by atoms with E-state index >= 15 is 0 Å². The first-order valence-electron chi connectivity index (χ1n) is 9.06. The summed E-state index contributed by atoms with van der Waals surface area (Å²) in [6, 6.07) is 0. The number of hydrazone groups is 1. The number of nitrogens with zero attached hydrogens (tertiary/aromatic N) is 6. The highest BCUT2D eigenvalue weighted by Gasteiger charge is 2.32. The molecule has 0 radical (unpaired) electrons. The van der Waals surface area contributed by atoms with Crippen molar-refractivity contribution in [1.29, 1.82) is 0 Å². The van der Waals surface area contributed by atoms with Crippen molar-refractivity contribution in [1.82, 2.24) is 18.7 Å². The maximum absolute atomic E-state index is 13.0. The number of imidazole rings is 1. The zero-order valence-corrected chi connectivity index (χ0v) is 16.1. The number of carbonyl (C=O) groups is 2. The van der Waals surface area contributed by atoms with E-state index in [1.165, 1.54) is 18.7 Å². The second kappa shape index (κ2) is 7.50. The standard InChI is InChI=1S/C17H23N7O4/c1-10-9-12(26)24(20-10)16-19-14-13(15(27)22(3)17(28)21(14)2)23(16)11(25)7-5-4-6-8-18/h4-9,18H2,1-3H3. The lowest BCUT2D eigenvalue weighted by atomic mass is 10.2. The first kappa shape index (κ1) is 19.7. The van der Waals surface area contributed by atoms with Crippen molar-refractivity contribution < 1.29 is 9.59 Å². The van der Waals surface area contributed by atoms with Crippen molar-refractivity contribution in [3.8, 4) is 0 Å². The molecule has 2 aromatic rings. The summed E-state index contributed by atoms with van der Waals surface area (Å²) in [4.78, 5) is 54.6. The number of hydrogen-bond acceptors (Lipinski definition) is 7. The van der Waals surface area contributed by atoms with Crippen LogP contribution in [0.3, 0.4) is 0 Å². The van der Waals surface area contributed by atoms with Crippen LogP contribution in [0.25, 0.3) is 11.2 Å². The molecule has 1 aliphatic heterocycles. The van der Waals surface area contributed by atoms with Gasteiger partial charge in [0.05, 0.1) is 6.42 Å². The fourth-order valence-corrected chi connectivity index (χ4v) is 3.18. The van der Waals surface area contributed by atoms with E-state index < -0.39 is 17.2 Å². The van der Waals surface area contributed by atoms with Crippen LogP contribution in [0, 0.1) is 0 Å². The van der Waals surface area contributed by atoms with Crippen LogP contribution in [0.4, 0.5) is 5.95 Å². The van der Waals surface area contributed by atoms with Crippen molar-refractivity contribution in [2.24, 2.45) is 24.9 Å². The Labute approximate surface area is 160 Å². The molecule has 0 aromatic carbocycles. The Morgan fingerprint density at radius 3 is 2.43 bits per heavy atom. The number of rotatable bonds is 6. The fourth-order valence-electron chi connectivity index (χ4n) is 3.18. The summed E-state index contributed by atoms with van der Waals surface area (Å²) in [5, 5.41) is 5.17. The lowest BCUT2D eigenvalue weighted by Gasteiger charge is -2.13. The second-order valence-electron chi connectivity index (χ2n) is 6.84. The number of aromatic nitrogens is 4. The van der Waals surface area contributed by atoms with Gasteiger partial charge in [-0.2, -0.15) is 15.1 Å². The van der Waals surface area contributed by atoms with Crippen LogP contribution in [0.2, 0.25) is 0 Å². The van der Waals surface area contributed by atoms with E-state index in [1.54, 1.807) is 6.92 Å². The summed E-state index contributed by atoms with van der Waals surface area (Å²) < 4.78 is 3.20. The summed E-state index contributed by atoms with van der Waals surface area (Å²) in [7, 11) is 2.79. The van der Waals surface area contributed by atoms with Gasteiger partial charge >= 0.3 is 5.69 Å². The number of fused-ring (bicyclic) bond motifs is 1. The van der Waals surface area contributed by atoms with Crippen LogP contribution in [0.5, 0.6) is 0 Å². The van der Waals surface area contributed by atoms with Gasteiger partial charge in [-0.25, -0.2) is 9.36 Å². The van der Waals surface area contributed by atoms with Crippen LogP contribution in [-0.2, 0) is 18.9 Å². The molecule has 0 fully saturated rings. The fraction of sp³-hybridized carbons (Fsp3) is 0.529.